The van der Waals surface area contributed by atoms with E-state index in [9.17, 15) is 20.2 Å². The minimum Gasteiger partial charge on any atom is -0.375 e. The number of non-ortho nitro benzene ring substituents is 1. The molecule has 0 radical (unpaired) electrons. The molecule has 108 valence electrons. The van der Waals surface area contributed by atoms with E-state index in [1.165, 1.54) is 18.2 Å². The molecule has 2 aromatic rings. The van der Waals surface area contributed by atoms with Crippen molar-refractivity contribution in [2.45, 2.75) is 6.54 Å². The normalized spacial score (nSPS) is 10.1. The van der Waals surface area contributed by atoms with Crippen molar-refractivity contribution in [1.29, 1.82) is 0 Å². The molecule has 0 aromatic heterocycles. The van der Waals surface area contributed by atoms with Gasteiger partial charge in [-0.1, -0.05) is 12.1 Å². The van der Waals surface area contributed by atoms with E-state index < -0.39 is 9.85 Å². The standard InChI is InChI=1S/C13H10IN3O4/c14-10-3-6-12(13(7-10)17(20)21)15-8-9-1-4-11(5-2-9)16(18)19/h1-7,15H,8H2. The highest BCUT2D eigenvalue weighted by molar-refractivity contribution is 14.1. The number of hydrogen-bond acceptors (Lipinski definition) is 5. The first-order valence-corrected chi connectivity index (χ1v) is 6.96. The van der Waals surface area contributed by atoms with E-state index in [-0.39, 0.29) is 11.4 Å². The van der Waals surface area contributed by atoms with E-state index in [4.69, 9.17) is 0 Å². The highest BCUT2D eigenvalue weighted by atomic mass is 127. The zero-order valence-corrected chi connectivity index (χ0v) is 12.8. The summed E-state index contributed by atoms with van der Waals surface area (Å²) in [6.07, 6.45) is 0. The third-order valence-corrected chi connectivity index (χ3v) is 3.46. The van der Waals surface area contributed by atoms with Crippen LogP contribution < -0.4 is 5.32 Å². The summed E-state index contributed by atoms with van der Waals surface area (Å²) >= 11 is 2.01. The van der Waals surface area contributed by atoms with Gasteiger partial charge in [0.1, 0.15) is 5.69 Å². The van der Waals surface area contributed by atoms with Crippen molar-refractivity contribution in [1.82, 2.24) is 0 Å². The summed E-state index contributed by atoms with van der Waals surface area (Å²) in [5.74, 6) is 0. The van der Waals surface area contributed by atoms with Crippen LogP contribution in [-0.2, 0) is 6.54 Å². The molecule has 0 heterocycles. The number of benzene rings is 2. The molecule has 0 saturated heterocycles. The minimum absolute atomic E-state index is 0.00353. The summed E-state index contributed by atoms with van der Waals surface area (Å²) in [5, 5.41) is 24.5. The molecule has 0 bridgehead atoms. The lowest BCUT2D eigenvalue weighted by atomic mass is 10.2. The number of rotatable bonds is 5. The Bertz CT molecular complexity index is 688. The van der Waals surface area contributed by atoms with Gasteiger partial charge in [0.25, 0.3) is 11.4 Å². The Morgan fingerprint density at radius 3 is 2.24 bits per heavy atom. The molecule has 2 aromatic carbocycles. The molecule has 0 saturated carbocycles. The smallest absolute Gasteiger partial charge is 0.293 e. The SMILES string of the molecule is O=[N+]([O-])c1ccc(CNc2ccc(I)cc2[N+](=O)[O-])cc1. The predicted octanol–water partition coefficient (Wildman–Crippen LogP) is 3.72. The summed E-state index contributed by atoms with van der Waals surface area (Å²) in [7, 11) is 0. The van der Waals surface area contributed by atoms with Crippen molar-refractivity contribution in [3.8, 4) is 0 Å². The van der Waals surface area contributed by atoms with Crippen LogP contribution in [0.2, 0.25) is 0 Å². The fraction of sp³-hybridized carbons (Fsp3) is 0.0769. The van der Waals surface area contributed by atoms with Crippen molar-refractivity contribution in [3.05, 3.63) is 71.8 Å². The van der Waals surface area contributed by atoms with Gasteiger partial charge in [0, 0.05) is 28.3 Å². The molecule has 8 heteroatoms. The quantitative estimate of drug-likeness (QED) is 0.470. The van der Waals surface area contributed by atoms with Gasteiger partial charge >= 0.3 is 0 Å². The highest BCUT2D eigenvalue weighted by Gasteiger charge is 2.13. The van der Waals surface area contributed by atoms with Gasteiger partial charge in [-0.3, -0.25) is 20.2 Å². The Hall–Kier alpha value is -2.23. The molecule has 0 atom stereocenters. The Labute approximate surface area is 133 Å². The summed E-state index contributed by atoms with van der Waals surface area (Å²) < 4.78 is 0.778. The Morgan fingerprint density at radius 2 is 1.67 bits per heavy atom. The first-order chi connectivity index (χ1) is 9.97. The van der Waals surface area contributed by atoms with Crippen molar-refractivity contribution < 1.29 is 9.85 Å². The number of hydrogen-bond donors (Lipinski definition) is 1. The second kappa shape index (κ2) is 6.48. The van der Waals surface area contributed by atoms with Gasteiger partial charge in [-0.2, -0.15) is 0 Å². The van der Waals surface area contributed by atoms with Crippen molar-refractivity contribution in [3.63, 3.8) is 0 Å². The van der Waals surface area contributed by atoms with Gasteiger partial charge in [0.15, 0.2) is 0 Å². The summed E-state index contributed by atoms with van der Waals surface area (Å²) in [5.41, 5.74) is 1.23. The molecule has 2 rings (SSSR count). The first kappa shape index (κ1) is 15.2. The molecule has 0 aliphatic rings. The maximum atomic E-state index is 11.0. The van der Waals surface area contributed by atoms with Crippen molar-refractivity contribution in [2.75, 3.05) is 5.32 Å². The van der Waals surface area contributed by atoms with Crippen LogP contribution in [0.25, 0.3) is 0 Å². The fourth-order valence-corrected chi connectivity index (χ4v) is 2.21. The van der Waals surface area contributed by atoms with E-state index in [0.717, 1.165) is 9.13 Å². The van der Waals surface area contributed by atoms with Crippen molar-refractivity contribution in [2.24, 2.45) is 0 Å². The number of nitro groups is 2. The van der Waals surface area contributed by atoms with E-state index >= 15 is 0 Å². The molecular formula is C13H10IN3O4. The number of halogens is 1. The van der Waals surface area contributed by atoms with E-state index in [0.29, 0.717) is 12.2 Å². The minimum atomic E-state index is -0.471. The summed E-state index contributed by atoms with van der Waals surface area (Å²) in [6, 6.07) is 10.9. The molecule has 1 N–H and O–H groups in total. The molecule has 0 aliphatic heterocycles. The molecule has 0 fully saturated rings. The van der Waals surface area contributed by atoms with Crippen LogP contribution in [-0.4, -0.2) is 9.85 Å². The second-order valence-corrected chi connectivity index (χ2v) is 5.44. The topological polar surface area (TPSA) is 98.3 Å². The van der Waals surface area contributed by atoms with Crippen LogP contribution in [0.5, 0.6) is 0 Å². The highest BCUT2D eigenvalue weighted by Crippen LogP contribution is 2.26. The van der Waals surface area contributed by atoms with Crippen molar-refractivity contribution >= 4 is 39.7 Å². The molecule has 0 spiro atoms. The lowest BCUT2D eigenvalue weighted by molar-refractivity contribution is -0.384. The number of anilines is 1. The van der Waals surface area contributed by atoms with Crippen LogP contribution in [0.15, 0.2) is 42.5 Å². The lowest BCUT2D eigenvalue weighted by Gasteiger charge is -2.07. The molecule has 0 amide bonds. The molecule has 21 heavy (non-hydrogen) atoms. The molecule has 7 nitrogen and oxygen atoms in total. The first-order valence-electron chi connectivity index (χ1n) is 5.88. The van der Waals surface area contributed by atoms with E-state index in [2.05, 4.69) is 5.32 Å². The molecular weight excluding hydrogens is 389 g/mol. The zero-order chi connectivity index (χ0) is 15.4. The van der Waals surface area contributed by atoms with E-state index in [1.54, 1.807) is 24.3 Å². The van der Waals surface area contributed by atoms with Gasteiger partial charge in [-0.05, 0) is 40.3 Å². The average Bonchev–Trinajstić information content (AvgIpc) is 2.46. The van der Waals surface area contributed by atoms with Gasteiger partial charge in [-0.25, -0.2) is 0 Å². The third-order valence-electron chi connectivity index (χ3n) is 2.79. The number of nitrogens with zero attached hydrogens (tertiary/aromatic N) is 2. The summed E-state index contributed by atoms with van der Waals surface area (Å²) in [4.78, 5) is 20.6. The second-order valence-electron chi connectivity index (χ2n) is 4.20. The van der Waals surface area contributed by atoms with Crippen LogP contribution in [0.3, 0.4) is 0 Å². The molecule has 0 aliphatic carbocycles. The number of nitrogens with one attached hydrogen (secondary N) is 1. The summed E-state index contributed by atoms with van der Waals surface area (Å²) in [6.45, 7) is 0.347. The van der Waals surface area contributed by atoms with Crippen LogP contribution in [0.1, 0.15) is 5.56 Å². The van der Waals surface area contributed by atoms with Gasteiger partial charge in [-0.15, -0.1) is 0 Å². The maximum Gasteiger partial charge on any atom is 0.293 e. The predicted molar refractivity (Wildman–Crippen MR) is 86.2 cm³/mol. The largest absolute Gasteiger partial charge is 0.375 e. The fourth-order valence-electron chi connectivity index (χ4n) is 1.74. The van der Waals surface area contributed by atoms with Gasteiger partial charge in [0.05, 0.1) is 9.85 Å². The monoisotopic (exact) mass is 399 g/mol. The molecule has 0 unspecified atom stereocenters. The zero-order valence-electron chi connectivity index (χ0n) is 10.7. The van der Waals surface area contributed by atoms with Gasteiger partial charge in [0.2, 0.25) is 0 Å². The third kappa shape index (κ3) is 3.88. The Kier molecular flexibility index (Phi) is 4.68. The average molecular weight is 399 g/mol. The maximum absolute atomic E-state index is 11.0. The van der Waals surface area contributed by atoms with E-state index in [1.807, 2.05) is 22.6 Å². The Morgan fingerprint density at radius 1 is 1.00 bits per heavy atom. The van der Waals surface area contributed by atoms with Crippen LogP contribution in [0, 0.1) is 23.8 Å². The Balaban J connectivity index is 2.13. The van der Waals surface area contributed by atoms with Gasteiger partial charge < -0.3 is 5.32 Å². The van der Waals surface area contributed by atoms with Crippen LogP contribution >= 0.6 is 22.6 Å². The van der Waals surface area contributed by atoms with Crippen LogP contribution in [0.4, 0.5) is 17.1 Å². The number of nitro benzene ring substituents is 2. The lowest BCUT2D eigenvalue weighted by Crippen LogP contribution is -2.03.